The Morgan fingerprint density at radius 2 is 2.31 bits per heavy atom. The normalized spacial score (nSPS) is 16.9. The van der Waals surface area contributed by atoms with Crippen molar-refractivity contribution in [1.82, 2.24) is 19.3 Å². The van der Waals surface area contributed by atoms with Gasteiger partial charge in [0.1, 0.15) is 0 Å². The molecule has 1 saturated heterocycles. The third kappa shape index (κ3) is 3.86. The summed E-state index contributed by atoms with van der Waals surface area (Å²) < 4.78 is 9.22. The number of nitrogens with zero attached hydrogens (tertiary/aromatic N) is 3. The van der Waals surface area contributed by atoms with Gasteiger partial charge < -0.3 is 9.30 Å². The summed E-state index contributed by atoms with van der Waals surface area (Å²) in [6.07, 6.45) is 3.81. The maximum atomic E-state index is 12.7. The van der Waals surface area contributed by atoms with Gasteiger partial charge in [-0.2, -0.15) is 0 Å². The molecule has 3 heterocycles. The molecule has 1 atom stereocenters. The maximum Gasteiger partial charge on any atom is 0.344 e. The van der Waals surface area contributed by atoms with Gasteiger partial charge in [0.25, 0.3) is 0 Å². The van der Waals surface area contributed by atoms with E-state index in [0.717, 1.165) is 30.8 Å². The SMILES string of the molecule is C=CCn1c(C)cc(C(=O)CSc2n[nH]c(=O)n2CC2CCCO2)c1C. The van der Waals surface area contributed by atoms with Gasteiger partial charge in [0.05, 0.1) is 18.4 Å². The van der Waals surface area contributed by atoms with Crippen molar-refractivity contribution in [2.75, 3.05) is 12.4 Å². The van der Waals surface area contributed by atoms with E-state index in [1.807, 2.05) is 26.0 Å². The molecular formula is C18H24N4O3S. The van der Waals surface area contributed by atoms with E-state index in [9.17, 15) is 9.59 Å². The van der Waals surface area contributed by atoms with Crippen LogP contribution >= 0.6 is 11.8 Å². The molecule has 3 rings (SSSR count). The van der Waals surface area contributed by atoms with Crippen LogP contribution in [0.1, 0.15) is 34.6 Å². The Labute approximate surface area is 156 Å². The zero-order valence-electron chi connectivity index (χ0n) is 15.2. The second kappa shape index (κ2) is 8.09. The van der Waals surface area contributed by atoms with Crippen molar-refractivity contribution in [3.63, 3.8) is 0 Å². The lowest BCUT2D eigenvalue weighted by atomic mass is 10.2. The molecule has 2 aromatic rings. The number of aryl methyl sites for hydroxylation is 1. The lowest BCUT2D eigenvalue weighted by Crippen LogP contribution is -2.25. The lowest BCUT2D eigenvalue weighted by molar-refractivity contribution is 0.0941. The molecule has 0 aromatic carbocycles. The Morgan fingerprint density at radius 3 is 3.00 bits per heavy atom. The molecule has 1 N–H and O–H groups in total. The summed E-state index contributed by atoms with van der Waals surface area (Å²) in [6, 6.07) is 1.91. The number of Topliss-reactive ketones (excluding diaryl/α,β-unsaturated/α-hetero) is 1. The van der Waals surface area contributed by atoms with Crippen molar-refractivity contribution in [3.8, 4) is 0 Å². The van der Waals surface area contributed by atoms with Gasteiger partial charge in [-0.1, -0.05) is 17.8 Å². The molecule has 0 aliphatic carbocycles. The van der Waals surface area contributed by atoms with E-state index in [-0.39, 0.29) is 23.3 Å². The Bertz CT molecular complexity index is 858. The highest BCUT2D eigenvalue weighted by Gasteiger charge is 2.21. The summed E-state index contributed by atoms with van der Waals surface area (Å²) in [6.45, 7) is 9.56. The van der Waals surface area contributed by atoms with E-state index < -0.39 is 0 Å². The van der Waals surface area contributed by atoms with Gasteiger partial charge in [0.2, 0.25) is 0 Å². The van der Waals surface area contributed by atoms with Gasteiger partial charge in [0.15, 0.2) is 10.9 Å². The number of nitrogens with one attached hydrogen (secondary N) is 1. The largest absolute Gasteiger partial charge is 0.376 e. The molecule has 1 unspecified atom stereocenters. The fourth-order valence-corrected chi connectivity index (χ4v) is 4.11. The minimum atomic E-state index is -0.264. The fourth-order valence-electron chi connectivity index (χ4n) is 3.27. The first kappa shape index (κ1) is 18.7. The molecule has 7 nitrogen and oxygen atoms in total. The van der Waals surface area contributed by atoms with Gasteiger partial charge in [-0.3, -0.25) is 9.36 Å². The highest BCUT2D eigenvalue weighted by molar-refractivity contribution is 7.99. The molecule has 2 aromatic heterocycles. The molecule has 8 heteroatoms. The monoisotopic (exact) mass is 376 g/mol. The number of carbonyl (C=O) groups excluding carboxylic acids is 1. The number of hydrogen-bond acceptors (Lipinski definition) is 5. The van der Waals surface area contributed by atoms with Crippen molar-refractivity contribution in [1.29, 1.82) is 0 Å². The number of ketones is 1. The van der Waals surface area contributed by atoms with Crippen LogP contribution in [0.25, 0.3) is 0 Å². The first-order valence-electron chi connectivity index (χ1n) is 8.71. The minimum Gasteiger partial charge on any atom is -0.376 e. The summed E-state index contributed by atoms with van der Waals surface area (Å²) in [4.78, 5) is 24.7. The number of aromatic amines is 1. The summed E-state index contributed by atoms with van der Waals surface area (Å²) in [5.74, 6) is 0.256. The molecule has 0 radical (unpaired) electrons. The zero-order valence-corrected chi connectivity index (χ0v) is 16.0. The van der Waals surface area contributed by atoms with Crippen molar-refractivity contribution < 1.29 is 9.53 Å². The van der Waals surface area contributed by atoms with E-state index in [4.69, 9.17) is 4.74 Å². The Hall–Kier alpha value is -2.06. The lowest BCUT2D eigenvalue weighted by Gasteiger charge is -2.10. The number of carbonyl (C=O) groups is 1. The highest BCUT2D eigenvalue weighted by atomic mass is 32.2. The molecule has 140 valence electrons. The van der Waals surface area contributed by atoms with Crippen LogP contribution in [0.2, 0.25) is 0 Å². The molecule has 0 amide bonds. The van der Waals surface area contributed by atoms with Crippen LogP contribution in [0, 0.1) is 13.8 Å². The van der Waals surface area contributed by atoms with Crippen LogP contribution in [0.5, 0.6) is 0 Å². The Balaban J connectivity index is 1.69. The van der Waals surface area contributed by atoms with Crippen LogP contribution in [0.4, 0.5) is 0 Å². The third-order valence-electron chi connectivity index (χ3n) is 4.65. The minimum absolute atomic E-state index is 0.0255. The van der Waals surface area contributed by atoms with Gasteiger partial charge >= 0.3 is 5.69 Å². The van der Waals surface area contributed by atoms with Crippen molar-refractivity contribution in [2.45, 2.75) is 51.0 Å². The number of thioether (sulfide) groups is 1. The average Bonchev–Trinajstić information content (AvgIpc) is 3.32. The number of rotatable bonds is 8. The summed E-state index contributed by atoms with van der Waals surface area (Å²) in [5.41, 5.74) is 2.41. The van der Waals surface area contributed by atoms with E-state index >= 15 is 0 Å². The Morgan fingerprint density at radius 1 is 1.50 bits per heavy atom. The number of aromatic nitrogens is 4. The molecule has 0 bridgehead atoms. The van der Waals surface area contributed by atoms with Gasteiger partial charge in [0, 0.05) is 30.1 Å². The maximum absolute atomic E-state index is 12.7. The summed E-state index contributed by atoms with van der Waals surface area (Å²) >= 11 is 1.28. The molecule has 1 aliphatic rings. The van der Waals surface area contributed by atoms with Gasteiger partial charge in [-0.05, 0) is 32.8 Å². The molecule has 0 spiro atoms. The third-order valence-corrected chi connectivity index (χ3v) is 5.63. The summed E-state index contributed by atoms with van der Waals surface area (Å²) in [5, 5.41) is 7.06. The molecule has 1 fully saturated rings. The molecule has 1 aliphatic heterocycles. The fraction of sp³-hybridized carbons (Fsp3) is 0.500. The molecule has 0 saturated carbocycles. The second-order valence-corrected chi connectivity index (χ2v) is 7.40. The van der Waals surface area contributed by atoms with Crippen molar-refractivity contribution >= 4 is 17.5 Å². The van der Waals surface area contributed by atoms with Crippen molar-refractivity contribution in [2.24, 2.45) is 0 Å². The quantitative estimate of drug-likeness (QED) is 0.434. The number of H-pyrrole nitrogens is 1. The van der Waals surface area contributed by atoms with Gasteiger partial charge in [-0.25, -0.2) is 9.89 Å². The van der Waals surface area contributed by atoms with Crippen LogP contribution < -0.4 is 5.69 Å². The van der Waals surface area contributed by atoms with Crippen LogP contribution in [-0.2, 0) is 17.8 Å². The smallest absolute Gasteiger partial charge is 0.344 e. The Kier molecular flexibility index (Phi) is 5.83. The number of allylic oxidation sites excluding steroid dienone is 1. The first-order chi connectivity index (χ1) is 12.5. The van der Waals surface area contributed by atoms with Gasteiger partial charge in [-0.15, -0.1) is 11.7 Å². The number of ether oxygens (including phenoxy) is 1. The predicted octanol–water partition coefficient (Wildman–Crippen LogP) is 2.33. The zero-order chi connectivity index (χ0) is 18.7. The second-order valence-electron chi connectivity index (χ2n) is 6.45. The van der Waals surface area contributed by atoms with E-state index in [1.54, 1.807) is 4.57 Å². The molecule has 26 heavy (non-hydrogen) atoms. The summed E-state index contributed by atoms with van der Waals surface area (Å²) in [7, 11) is 0. The van der Waals surface area contributed by atoms with Crippen molar-refractivity contribution in [3.05, 3.63) is 46.2 Å². The highest BCUT2D eigenvalue weighted by Crippen LogP contribution is 2.21. The standard InChI is InChI=1S/C18H24N4O3S/c1-4-7-21-12(2)9-15(13(21)3)16(23)11-26-18-20-19-17(24)22(18)10-14-6-5-8-25-14/h4,9,14H,1,5-8,10-11H2,2-3H3,(H,19,24). The number of hydrogen-bond donors (Lipinski definition) is 1. The predicted molar refractivity (Wildman–Crippen MR) is 101 cm³/mol. The van der Waals surface area contributed by atoms with Crippen LogP contribution in [0.15, 0.2) is 28.7 Å². The van der Waals surface area contributed by atoms with E-state index in [1.165, 1.54) is 11.8 Å². The van der Waals surface area contributed by atoms with Crippen LogP contribution in [-0.4, -0.2) is 43.6 Å². The topological polar surface area (TPSA) is 81.9 Å². The first-order valence-corrected chi connectivity index (χ1v) is 9.70. The average molecular weight is 376 g/mol. The van der Waals surface area contributed by atoms with E-state index in [2.05, 4.69) is 21.3 Å². The van der Waals surface area contributed by atoms with Crippen LogP contribution in [0.3, 0.4) is 0 Å². The molecular weight excluding hydrogens is 352 g/mol. The van der Waals surface area contributed by atoms with E-state index in [0.29, 0.717) is 23.8 Å².